The number of carbonyl (C=O) groups is 1. The van der Waals surface area contributed by atoms with E-state index in [2.05, 4.69) is 10.5 Å². The number of benzene rings is 2. The summed E-state index contributed by atoms with van der Waals surface area (Å²) in [4.78, 5) is 12.9. The maximum Gasteiger partial charge on any atom is 0.281 e. The maximum absolute atomic E-state index is 12.9. The summed E-state index contributed by atoms with van der Waals surface area (Å²) < 4.78 is 0. The summed E-state index contributed by atoms with van der Waals surface area (Å²) in [7, 11) is 0. The van der Waals surface area contributed by atoms with Gasteiger partial charge in [-0.25, -0.2) is 5.43 Å². The van der Waals surface area contributed by atoms with Crippen molar-refractivity contribution in [3.63, 3.8) is 0 Å². The van der Waals surface area contributed by atoms with Crippen LogP contribution in [0.2, 0.25) is 0 Å². The maximum atomic E-state index is 12.9. The molecule has 1 amide bonds. The van der Waals surface area contributed by atoms with E-state index in [0.717, 1.165) is 5.92 Å². The lowest BCUT2D eigenvalue weighted by Gasteiger charge is -2.27. The van der Waals surface area contributed by atoms with Crippen LogP contribution in [0.3, 0.4) is 0 Å². The van der Waals surface area contributed by atoms with E-state index in [9.17, 15) is 9.90 Å². The molecular weight excluding hydrogens is 324 g/mol. The van der Waals surface area contributed by atoms with Gasteiger partial charge in [-0.2, -0.15) is 5.10 Å². The number of nitrogens with zero attached hydrogens (tertiary/aromatic N) is 1. The third-order valence-corrected chi connectivity index (χ3v) is 5.94. The van der Waals surface area contributed by atoms with Crippen LogP contribution < -0.4 is 5.43 Å². The molecule has 2 aliphatic rings. The highest BCUT2D eigenvalue weighted by molar-refractivity contribution is 5.90. The molecule has 3 atom stereocenters. The Morgan fingerprint density at radius 3 is 2.12 bits per heavy atom. The van der Waals surface area contributed by atoms with Gasteiger partial charge in [0.1, 0.15) is 0 Å². The van der Waals surface area contributed by atoms with Crippen molar-refractivity contribution < 1.29 is 9.90 Å². The van der Waals surface area contributed by atoms with Crippen molar-refractivity contribution in [1.82, 2.24) is 5.43 Å². The van der Waals surface area contributed by atoms with E-state index in [1.54, 1.807) is 24.3 Å². The average molecular weight is 348 g/mol. The van der Waals surface area contributed by atoms with E-state index >= 15 is 0 Å². The van der Waals surface area contributed by atoms with Crippen molar-refractivity contribution in [1.29, 1.82) is 0 Å². The number of amides is 1. The average Bonchev–Trinajstić information content (AvgIpc) is 3.32. The van der Waals surface area contributed by atoms with Crippen LogP contribution in [0.25, 0.3) is 0 Å². The molecule has 134 valence electrons. The first kappa shape index (κ1) is 17.0. The van der Waals surface area contributed by atoms with E-state index in [0.29, 0.717) is 23.0 Å². The summed E-state index contributed by atoms with van der Waals surface area (Å²) in [5.74, 6) is 1.46. The van der Waals surface area contributed by atoms with Gasteiger partial charge in [0.15, 0.2) is 5.60 Å². The number of hydrogen-bond acceptors (Lipinski definition) is 3. The first-order valence-electron chi connectivity index (χ1n) is 9.35. The quantitative estimate of drug-likeness (QED) is 0.642. The van der Waals surface area contributed by atoms with Crippen molar-refractivity contribution in [2.75, 3.05) is 0 Å². The minimum absolute atomic E-state index is 0.454. The molecule has 0 unspecified atom stereocenters. The van der Waals surface area contributed by atoms with Crippen molar-refractivity contribution in [2.24, 2.45) is 22.9 Å². The molecule has 0 spiro atoms. The van der Waals surface area contributed by atoms with E-state index in [1.807, 2.05) is 42.6 Å². The van der Waals surface area contributed by atoms with Gasteiger partial charge >= 0.3 is 0 Å². The minimum Gasteiger partial charge on any atom is -0.372 e. The molecule has 0 saturated heterocycles. The van der Waals surface area contributed by atoms with Crippen LogP contribution in [0.4, 0.5) is 0 Å². The molecule has 2 aliphatic carbocycles. The van der Waals surface area contributed by atoms with Crippen LogP contribution in [-0.4, -0.2) is 17.2 Å². The Bertz CT molecular complexity index is 749. The molecule has 0 radical (unpaired) electrons. The Morgan fingerprint density at radius 1 is 1.00 bits per heavy atom. The zero-order valence-corrected chi connectivity index (χ0v) is 14.7. The van der Waals surface area contributed by atoms with Gasteiger partial charge in [-0.3, -0.25) is 4.79 Å². The lowest BCUT2D eigenvalue weighted by molar-refractivity contribution is -0.136. The lowest BCUT2D eigenvalue weighted by Crippen LogP contribution is -2.43. The summed E-state index contributed by atoms with van der Waals surface area (Å²) in [6, 6.07) is 18.0. The third kappa shape index (κ3) is 3.06. The second-order valence-electron chi connectivity index (χ2n) is 7.50. The predicted molar refractivity (Wildman–Crippen MR) is 101 cm³/mol. The number of rotatable bonds is 5. The number of nitrogens with one attached hydrogen (secondary N) is 1. The van der Waals surface area contributed by atoms with E-state index in [-0.39, 0.29) is 0 Å². The van der Waals surface area contributed by atoms with Crippen LogP contribution in [0.15, 0.2) is 65.8 Å². The predicted octanol–water partition coefficient (Wildman–Crippen LogP) is 3.46. The zero-order valence-electron chi connectivity index (χ0n) is 14.7. The molecule has 0 aliphatic heterocycles. The van der Waals surface area contributed by atoms with E-state index in [4.69, 9.17) is 0 Å². The molecule has 0 heterocycles. The smallest absolute Gasteiger partial charge is 0.281 e. The van der Waals surface area contributed by atoms with Gasteiger partial charge in [-0.1, -0.05) is 67.1 Å². The lowest BCUT2D eigenvalue weighted by atomic mass is 9.85. The van der Waals surface area contributed by atoms with Crippen molar-refractivity contribution >= 4 is 12.1 Å². The number of aliphatic hydroxyl groups is 1. The molecule has 2 bridgehead atoms. The molecule has 4 rings (SSSR count). The largest absolute Gasteiger partial charge is 0.372 e. The minimum atomic E-state index is -1.77. The molecule has 26 heavy (non-hydrogen) atoms. The van der Waals surface area contributed by atoms with Crippen molar-refractivity contribution in [2.45, 2.75) is 31.3 Å². The zero-order chi connectivity index (χ0) is 18.0. The summed E-state index contributed by atoms with van der Waals surface area (Å²) >= 11 is 0. The van der Waals surface area contributed by atoms with Gasteiger partial charge in [0.25, 0.3) is 5.91 Å². The highest BCUT2D eigenvalue weighted by Crippen LogP contribution is 2.47. The van der Waals surface area contributed by atoms with Crippen molar-refractivity contribution in [3.8, 4) is 0 Å². The molecule has 2 fully saturated rings. The molecule has 4 heteroatoms. The second-order valence-corrected chi connectivity index (χ2v) is 7.50. The number of hydrazone groups is 1. The van der Waals surface area contributed by atoms with Crippen LogP contribution in [-0.2, 0) is 10.4 Å². The Morgan fingerprint density at radius 2 is 1.62 bits per heavy atom. The number of fused-ring (bicyclic) bond motifs is 2. The first-order valence-corrected chi connectivity index (χ1v) is 9.35. The van der Waals surface area contributed by atoms with Crippen LogP contribution in [0.1, 0.15) is 36.8 Å². The number of carbonyl (C=O) groups excluding carboxylic acids is 1. The third-order valence-electron chi connectivity index (χ3n) is 5.94. The summed E-state index contributed by atoms with van der Waals surface area (Å²) in [6.45, 7) is 0. The number of hydrogen-bond donors (Lipinski definition) is 2. The fourth-order valence-corrected chi connectivity index (χ4v) is 4.54. The molecule has 2 saturated carbocycles. The summed E-state index contributed by atoms with van der Waals surface area (Å²) in [6.07, 6.45) is 6.95. The first-order chi connectivity index (χ1) is 12.7. The van der Waals surface area contributed by atoms with Gasteiger partial charge in [0.05, 0.1) is 0 Å². The van der Waals surface area contributed by atoms with Gasteiger partial charge in [0, 0.05) is 6.21 Å². The molecule has 4 nitrogen and oxygen atoms in total. The van der Waals surface area contributed by atoms with Gasteiger partial charge in [-0.05, 0) is 48.1 Å². The fraction of sp³-hybridized carbons (Fsp3) is 0.364. The molecule has 2 N–H and O–H groups in total. The standard InChI is InChI=1S/C22H24N2O2/c25-21(24-23-15-18-14-16-11-12-17(18)13-16)22(26,19-7-3-1-4-8-19)20-9-5-2-6-10-20/h1-10,15-18,26H,11-14H2,(H,24,25)/b23-15-/t16-,17+,18+/m0/s1. The fourth-order valence-electron chi connectivity index (χ4n) is 4.54. The summed E-state index contributed by atoms with van der Waals surface area (Å²) in [5, 5.41) is 15.5. The topological polar surface area (TPSA) is 61.7 Å². The van der Waals surface area contributed by atoms with Crippen LogP contribution >= 0.6 is 0 Å². The van der Waals surface area contributed by atoms with Gasteiger partial charge < -0.3 is 5.11 Å². The molecular formula is C22H24N2O2. The van der Waals surface area contributed by atoms with Gasteiger partial charge in [0.2, 0.25) is 0 Å². The second kappa shape index (κ2) is 7.04. The van der Waals surface area contributed by atoms with E-state index in [1.165, 1.54) is 25.7 Å². The Kier molecular flexibility index (Phi) is 4.60. The summed E-state index contributed by atoms with van der Waals surface area (Å²) in [5.41, 5.74) is 1.87. The molecule has 0 aromatic heterocycles. The van der Waals surface area contributed by atoms with E-state index < -0.39 is 11.5 Å². The Hall–Kier alpha value is -2.46. The molecule has 2 aromatic carbocycles. The Balaban J connectivity index is 1.55. The van der Waals surface area contributed by atoms with Crippen molar-refractivity contribution in [3.05, 3.63) is 71.8 Å². The van der Waals surface area contributed by atoms with Gasteiger partial charge in [-0.15, -0.1) is 0 Å². The monoisotopic (exact) mass is 348 g/mol. The molecule has 2 aromatic rings. The normalized spacial score (nSPS) is 24.9. The highest BCUT2D eigenvalue weighted by Gasteiger charge is 2.41. The highest BCUT2D eigenvalue weighted by atomic mass is 16.3. The SMILES string of the molecule is O=C(N/N=C\[C@H]1C[C@H]2CC[C@@H]1C2)C(O)(c1ccccc1)c1ccccc1. The Labute approximate surface area is 153 Å². The van der Waals surface area contributed by atoms with Crippen LogP contribution in [0.5, 0.6) is 0 Å². The van der Waals surface area contributed by atoms with Crippen LogP contribution in [0, 0.1) is 17.8 Å².